The van der Waals surface area contributed by atoms with Gasteiger partial charge in [-0.2, -0.15) is 0 Å². The third-order valence-electron chi connectivity index (χ3n) is 5.15. The summed E-state index contributed by atoms with van der Waals surface area (Å²) in [4.78, 5) is 17.4. The Bertz CT molecular complexity index is 537. The second-order valence-corrected chi connectivity index (χ2v) is 6.69. The molecule has 3 rings (SSSR count). The molecule has 2 aliphatic rings. The van der Waals surface area contributed by atoms with Gasteiger partial charge >= 0.3 is 0 Å². The van der Waals surface area contributed by atoms with E-state index in [1.165, 1.54) is 25.7 Å². The van der Waals surface area contributed by atoms with Gasteiger partial charge in [-0.15, -0.1) is 0 Å². The summed E-state index contributed by atoms with van der Waals surface area (Å²) in [6.07, 6.45) is 6.48. The largest absolute Gasteiger partial charge is 0.399 e. The van der Waals surface area contributed by atoms with E-state index in [1.807, 2.05) is 30.0 Å². The van der Waals surface area contributed by atoms with Crippen LogP contribution in [0.3, 0.4) is 0 Å². The zero-order chi connectivity index (χ0) is 15.5. The zero-order valence-electron chi connectivity index (χ0n) is 13.6. The average molecular weight is 301 g/mol. The van der Waals surface area contributed by atoms with Crippen LogP contribution in [0.2, 0.25) is 0 Å². The number of aryl methyl sites for hydroxylation is 1. The highest BCUT2D eigenvalue weighted by Crippen LogP contribution is 2.25. The molecule has 4 nitrogen and oxygen atoms in total. The summed E-state index contributed by atoms with van der Waals surface area (Å²) in [6, 6.07) is 6.36. The first-order valence-corrected chi connectivity index (χ1v) is 8.54. The SMILES string of the molecule is Cc1ccc(N)cc1C(=O)N1CCCN(C2CCCC2)CC1. The predicted molar refractivity (Wildman–Crippen MR) is 89.9 cm³/mol. The van der Waals surface area contributed by atoms with Crippen molar-refractivity contribution < 1.29 is 4.79 Å². The van der Waals surface area contributed by atoms with Crippen molar-refractivity contribution in [2.24, 2.45) is 0 Å². The smallest absolute Gasteiger partial charge is 0.254 e. The van der Waals surface area contributed by atoms with Crippen LogP contribution in [0.25, 0.3) is 0 Å². The molecule has 1 aliphatic carbocycles. The highest BCUT2D eigenvalue weighted by Gasteiger charge is 2.26. The molecular formula is C18H27N3O. The van der Waals surface area contributed by atoms with Gasteiger partial charge in [0, 0.05) is 43.5 Å². The number of anilines is 1. The van der Waals surface area contributed by atoms with Crippen LogP contribution in [0.4, 0.5) is 5.69 Å². The Morgan fingerprint density at radius 3 is 2.64 bits per heavy atom. The van der Waals surface area contributed by atoms with Gasteiger partial charge in [0.05, 0.1) is 0 Å². The first-order chi connectivity index (χ1) is 10.6. The van der Waals surface area contributed by atoms with E-state index in [9.17, 15) is 4.79 Å². The number of carbonyl (C=O) groups is 1. The minimum absolute atomic E-state index is 0.137. The normalized spacial score (nSPS) is 21.0. The Kier molecular flexibility index (Phi) is 4.67. The lowest BCUT2D eigenvalue weighted by atomic mass is 10.1. The van der Waals surface area contributed by atoms with E-state index in [0.29, 0.717) is 5.69 Å². The van der Waals surface area contributed by atoms with Gasteiger partial charge in [0.15, 0.2) is 0 Å². The molecule has 1 saturated carbocycles. The summed E-state index contributed by atoms with van der Waals surface area (Å²) in [5, 5.41) is 0. The summed E-state index contributed by atoms with van der Waals surface area (Å²) in [5.74, 6) is 0.137. The molecule has 2 fully saturated rings. The van der Waals surface area contributed by atoms with Gasteiger partial charge in [0.2, 0.25) is 0 Å². The number of hydrogen-bond donors (Lipinski definition) is 1. The van der Waals surface area contributed by atoms with Crippen molar-refractivity contribution in [3.05, 3.63) is 29.3 Å². The molecule has 1 amide bonds. The lowest BCUT2D eigenvalue weighted by Crippen LogP contribution is -2.38. The third-order valence-corrected chi connectivity index (χ3v) is 5.15. The fourth-order valence-electron chi connectivity index (χ4n) is 3.82. The molecule has 0 radical (unpaired) electrons. The van der Waals surface area contributed by atoms with Crippen LogP contribution in [-0.4, -0.2) is 47.9 Å². The van der Waals surface area contributed by atoms with E-state index in [2.05, 4.69) is 4.90 Å². The summed E-state index contributed by atoms with van der Waals surface area (Å²) in [7, 11) is 0. The Balaban J connectivity index is 1.67. The number of nitrogens with two attached hydrogens (primary N) is 1. The number of nitrogens with zero attached hydrogens (tertiary/aromatic N) is 2. The van der Waals surface area contributed by atoms with Crippen molar-refractivity contribution >= 4 is 11.6 Å². The van der Waals surface area contributed by atoms with Crippen LogP contribution in [0.5, 0.6) is 0 Å². The van der Waals surface area contributed by atoms with Gasteiger partial charge < -0.3 is 10.6 Å². The van der Waals surface area contributed by atoms with Crippen LogP contribution in [-0.2, 0) is 0 Å². The minimum Gasteiger partial charge on any atom is -0.399 e. The van der Waals surface area contributed by atoms with E-state index < -0.39 is 0 Å². The van der Waals surface area contributed by atoms with Crippen molar-refractivity contribution in [2.45, 2.75) is 45.1 Å². The Hall–Kier alpha value is -1.55. The minimum atomic E-state index is 0.137. The average Bonchev–Trinajstić information content (AvgIpc) is 2.94. The van der Waals surface area contributed by atoms with E-state index in [-0.39, 0.29) is 5.91 Å². The molecule has 22 heavy (non-hydrogen) atoms. The van der Waals surface area contributed by atoms with E-state index in [1.54, 1.807) is 0 Å². The van der Waals surface area contributed by atoms with Crippen molar-refractivity contribution in [3.8, 4) is 0 Å². The maximum Gasteiger partial charge on any atom is 0.254 e. The second kappa shape index (κ2) is 6.69. The lowest BCUT2D eigenvalue weighted by molar-refractivity contribution is 0.0757. The molecule has 4 heteroatoms. The topological polar surface area (TPSA) is 49.6 Å². The van der Waals surface area contributed by atoms with E-state index >= 15 is 0 Å². The summed E-state index contributed by atoms with van der Waals surface area (Å²) < 4.78 is 0. The number of benzene rings is 1. The van der Waals surface area contributed by atoms with Crippen LogP contribution >= 0.6 is 0 Å². The number of hydrogen-bond acceptors (Lipinski definition) is 3. The molecule has 0 aromatic heterocycles. The van der Waals surface area contributed by atoms with Crippen molar-refractivity contribution in [3.63, 3.8) is 0 Å². The third kappa shape index (κ3) is 3.27. The highest BCUT2D eigenvalue weighted by atomic mass is 16.2. The first-order valence-electron chi connectivity index (χ1n) is 8.54. The molecule has 1 aromatic carbocycles. The summed E-state index contributed by atoms with van der Waals surface area (Å²) in [5.41, 5.74) is 8.28. The van der Waals surface area contributed by atoms with Crippen LogP contribution < -0.4 is 5.73 Å². The molecule has 1 saturated heterocycles. The quantitative estimate of drug-likeness (QED) is 0.854. The van der Waals surface area contributed by atoms with Crippen molar-refractivity contribution in [1.82, 2.24) is 9.80 Å². The Labute approximate surface area is 133 Å². The van der Waals surface area contributed by atoms with Crippen molar-refractivity contribution in [1.29, 1.82) is 0 Å². The molecule has 120 valence electrons. The van der Waals surface area contributed by atoms with Gasteiger partial charge in [-0.25, -0.2) is 0 Å². The second-order valence-electron chi connectivity index (χ2n) is 6.69. The van der Waals surface area contributed by atoms with E-state index in [4.69, 9.17) is 5.73 Å². The monoisotopic (exact) mass is 301 g/mol. The highest BCUT2D eigenvalue weighted by molar-refractivity contribution is 5.96. The fraction of sp³-hybridized carbons (Fsp3) is 0.611. The molecule has 1 aliphatic heterocycles. The van der Waals surface area contributed by atoms with Crippen LogP contribution in [0.1, 0.15) is 48.0 Å². The lowest BCUT2D eigenvalue weighted by Gasteiger charge is -2.27. The first kappa shape index (κ1) is 15.3. The number of carbonyl (C=O) groups excluding carboxylic acids is 1. The molecule has 2 N–H and O–H groups in total. The standard InChI is InChI=1S/C18H27N3O/c1-14-7-8-15(19)13-17(14)18(22)21-10-4-9-20(11-12-21)16-5-2-3-6-16/h7-8,13,16H,2-6,9-12,19H2,1H3. The molecule has 1 heterocycles. The van der Waals surface area contributed by atoms with E-state index in [0.717, 1.165) is 49.8 Å². The summed E-state index contributed by atoms with van der Waals surface area (Å²) in [6.45, 7) is 5.82. The number of amides is 1. The Morgan fingerprint density at radius 1 is 1.09 bits per heavy atom. The number of rotatable bonds is 2. The Morgan fingerprint density at radius 2 is 1.86 bits per heavy atom. The summed E-state index contributed by atoms with van der Waals surface area (Å²) >= 11 is 0. The van der Waals surface area contributed by atoms with Crippen LogP contribution in [0, 0.1) is 6.92 Å². The predicted octanol–water partition coefficient (Wildman–Crippen LogP) is 2.67. The van der Waals surface area contributed by atoms with Crippen LogP contribution in [0.15, 0.2) is 18.2 Å². The van der Waals surface area contributed by atoms with Gasteiger partial charge in [-0.1, -0.05) is 18.9 Å². The molecule has 0 bridgehead atoms. The number of nitrogen functional groups attached to an aromatic ring is 1. The maximum absolute atomic E-state index is 12.8. The fourth-order valence-corrected chi connectivity index (χ4v) is 3.82. The van der Waals surface area contributed by atoms with Crippen molar-refractivity contribution in [2.75, 3.05) is 31.9 Å². The van der Waals surface area contributed by atoms with Gasteiger partial charge in [-0.05, 0) is 43.9 Å². The molecule has 0 atom stereocenters. The molecule has 0 unspecified atom stereocenters. The van der Waals surface area contributed by atoms with Gasteiger partial charge in [0.25, 0.3) is 5.91 Å². The zero-order valence-corrected chi connectivity index (χ0v) is 13.6. The molecule has 1 aromatic rings. The van der Waals surface area contributed by atoms with Gasteiger partial charge in [-0.3, -0.25) is 9.69 Å². The molecule has 0 spiro atoms. The molecular weight excluding hydrogens is 274 g/mol. The maximum atomic E-state index is 12.8. The van der Waals surface area contributed by atoms with Gasteiger partial charge in [0.1, 0.15) is 0 Å².